The Labute approximate surface area is 130 Å². The predicted molar refractivity (Wildman–Crippen MR) is 86.5 cm³/mol. The van der Waals surface area contributed by atoms with Crippen molar-refractivity contribution >= 4 is 17.4 Å². The number of anilines is 1. The maximum atomic E-state index is 6.17. The Hall–Kier alpha value is -1.81. The van der Waals surface area contributed by atoms with Crippen molar-refractivity contribution in [3.05, 3.63) is 40.7 Å². The van der Waals surface area contributed by atoms with E-state index in [0.717, 1.165) is 5.56 Å². The van der Waals surface area contributed by atoms with Crippen LogP contribution in [0.3, 0.4) is 0 Å². The Morgan fingerprint density at radius 1 is 1.14 bits per heavy atom. The molecule has 0 radical (unpaired) electrons. The lowest BCUT2D eigenvalue weighted by Crippen LogP contribution is -2.17. The zero-order chi connectivity index (χ0) is 15.6. The number of nitrogens with zero attached hydrogens (tertiary/aromatic N) is 2. The molecule has 0 saturated heterocycles. The topological polar surface area (TPSA) is 47.0 Å². The molecule has 0 unspecified atom stereocenters. The summed E-state index contributed by atoms with van der Waals surface area (Å²) < 4.78 is 5.85. The van der Waals surface area contributed by atoms with Gasteiger partial charge >= 0.3 is 0 Å². The summed E-state index contributed by atoms with van der Waals surface area (Å²) in [6.07, 6.45) is 0. The van der Waals surface area contributed by atoms with Crippen molar-refractivity contribution in [3.8, 4) is 11.6 Å². The van der Waals surface area contributed by atoms with Crippen LogP contribution in [0.2, 0.25) is 5.02 Å². The molecule has 2 rings (SSSR count). The molecule has 1 aromatic carbocycles. The van der Waals surface area contributed by atoms with Gasteiger partial charge in [-0.3, -0.25) is 0 Å². The van der Waals surface area contributed by atoms with E-state index in [1.165, 1.54) is 0 Å². The highest BCUT2D eigenvalue weighted by molar-refractivity contribution is 6.32. The third-order valence-electron chi connectivity index (χ3n) is 2.93. The normalized spacial score (nSPS) is 11.3. The van der Waals surface area contributed by atoms with Gasteiger partial charge in [-0.1, -0.05) is 38.4 Å². The Balaban J connectivity index is 2.42. The van der Waals surface area contributed by atoms with Gasteiger partial charge in [-0.25, -0.2) is 4.98 Å². The monoisotopic (exact) mass is 305 g/mol. The minimum Gasteiger partial charge on any atom is -0.437 e. The first-order chi connectivity index (χ1) is 9.79. The first-order valence-corrected chi connectivity index (χ1v) is 7.19. The molecule has 0 aliphatic heterocycles. The summed E-state index contributed by atoms with van der Waals surface area (Å²) in [7, 11) is 1.82. The summed E-state index contributed by atoms with van der Waals surface area (Å²) in [6, 6.07) is 7.40. The lowest BCUT2D eigenvalue weighted by molar-refractivity contribution is 0.446. The Kier molecular flexibility index (Phi) is 4.37. The van der Waals surface area contributed by atoms with E-state index in [2.05, 4.69) is 36.1 Å². The number of aryl methyl sites for hydroxylation is 1. The van der Waals surface area contributed by atoms with Crippen LogP contribution >= 0.6 is 11.6 Å². The van der Waals surface area contributed by atoms with Crippen molar-refractivity contribution < 1.29 is 4.74 Å². The molecule has 0 fully saturated rings. The number of nitrogens with one attached hydrogen (secondary N) is 1. The van der Waals surface area contributed by atoms with Crippen LogP contribution in [-0.4, -0.2) is 17.0 Å². The van der Waals surface area contributed by atoms with E-state index >= 15 is 0 Å². The second-order valence-corrected chi connectivity index (χ2v) is 6.36. The first-order valence-electron chi connectivity index (χ1n) is 6.81. The van der Waals surface area contributed by atoms with Crippen molar-refractivity contribution in [3.63, 3.8) is 0 Å². The fourth-order valence-electron chi connectivity index (χ4n) is 1.74. The minimum atomic E-state index is -0.165. The lowest BCUT2D eigenvalue weighted by atomic mass is 9.96. The number of halogens is 1. The highest BCUT2D eigenvalue weighted by Gasteiger charge is 2.20. The highest BCUT2D eigenvalue weighted by Crippen LogP contribution is 2.31. The molecule has 2 aromatic rings. The second-order valence-electron chi connectivity index (χ2n) is 5.95. The summed E-state index contributed by atoms with van der Waals surface area (Å²) in [5.74, 6) is 2.51. The second kappa shape index (κ2) is 5.90. The van der Waals surface area contributed by atoms with E-state index in [4.69, 9.17) is 16.3 Å². The molecule has 5 heteroatoms. The maximum absolute atomic E-state index is 6.17. The van der Waals surface area contributed by atoms with E-state index in [1.807, 2.05) is 32.2 Å². The van der Waals surface area contributed by atoms with Crippen molar-refractivity contribution in [2.75, 3.05) is 12.4 Å². The van der Waals surface area contributed by atoms with Gasteiger partial charge in [0.05, 0.1) is 5.02 Å². The SMILES string of the molecule is CNc1cc(Oc2cc(C)ccc2Cl)nc(C(C)(C)C)n1. The van der Waals surface area contributed by atoms with Gasteiger partial charge in [-0.2, -0.15) is 4.98 Å². The summed E-state index contributed by atoms with van der Waals surface area (Å²) in [6.45, 7) is 8.17. The molecule has 0 atom stereocenters. The minimum absolute atomic E-state index is 0.165. The summed E-state index contributed by atoms with van der Waals surface area (Å²) in [4.78, 5) is 8.96. The molecule has 1 N–H and O–H groups in total. The summed E-state index contributed by atoms with van der Waals surface area (Å²) >= 11 is 6.17. The molecule has 112 valence electrons. The van der Waals surface area contributed by atoms with Crippen LogP contribution < -0.4 is 10.1 Å². The first kappa shape index (κ1) is 15.6. The molecule has 4 nitrogen and oxygen atoms in total. The molecular formula is C16H20ClN3O. The van der Waals surface area contributed by atoms with E-state index < -0.39 is 0 Å². The Morgan fingerprint density at radius 3 is 2.48 bits per heavy atom. The van der Waals surface area contributed by atoms with Crippen LogP contribution in [0.25, 0.3) is 0 Å². The van der Waals surface area contributed by atoms with Crippen LogP contribution in [-0.2, 0) is 5.41 Å². The van der Waals surface area contributed by atoms with E-state index in [9.17, 15) is 0 Å². The van der Waals surface area contributed by atoms with Crippen LogP contribution in [0.5, 0.6) is 11.6 Å². The van der Waals surface area contributed by atoms with Crippen molar-refractivity contribution in [2.24, 2.45) is 0 Å². The summed E-state index contributed by atoms with van der Waals surface area (Å²) in [5.41, 5.74) is 0.912. The molecule has 0 aliphatic carbocycles. The molecule has 0 amide bonds. The summed E-state index contributed by atoms with van der Waals surface area (Å²) in [5, 5.41) is 3.59. The van der Waals surface area contributed by atoms with Crippen molar-refractivity contribution in [1.29, 1.82) is 0 Å². The van der Waals surface area contributed by atoms with Gasteiger partial charge in [0.15, 0.2) is 0 Å². The van der Waals surface area contributed by atoms with Gasteiger partial charge in [0, 0.05) is 18.5 Å². The van der Waals surface area contributed by atoms with Crippen LogP contribution in [0.1, 0.15) is 32.2 Å². The molecule has 1 heterocycles. The fourth-order valence-corrected chi connectivity index (χ4v) is 1.90. The van der Waals surface area contributed by atoms with Gasteiger partial charge in [0.25, 0.3) is 0 Å². The molecule has 0 spiro atoms. The van der Waals surface area contributed by atoms with E-state index in [0.29, 0.717) is 28.3 Å². The zero-order valence-corrected chi connectivity index (χ0v) is 13.7. The standard InChI is InChI=1S/C16H20ClN3O/c1-10-6-7-11(17)12(8-10)21-14-9-13(18-5)19-15(20-14)16(2,3)4/h6-9H,1-5H3,(H,18,19,20). The van der Waals surface area contributed by atoms with Gasteiger partial charge in [0.1, 0.15) is 17.4 Å². The lowest BCUT2D eigenvalue weighted by Gasteiger charge is -2.18. The van der Waals surface area contributed by atoms with Gasteiger partial charge in [-0.05, 0) is 24.6 Å². The molecule has 0 aliphatic rings. The maximum Gasteiger partial charge on any atom is 0.224 e. The molecule has 0 bridgehead atoms. The average molecular weight is 306 g/mol. The quantitative estimate of drug-likeness (QED) is 0.902. The van der Waals surface area contributed by atoms with Crippen LogP contribution in [0.15, 0.2) is 24.3 Å². The number of hydrogen-bond acceptors (Lipinski definition) is 4. The number of rotatable bonds is 3. The van der Waals surface area contributed by atoms with Crippen LogP contribution in [0.4, 0.5) is 5.82 Å². The number of benzene rings is 1. The van der Waals surface area contributed by atoms with E-state index in [1.54, 1.807) is 6.07 Å². The molecule has 21 heavy (non-hydrogen) atoms. The third-order valence-corrected chi connectivity index (χ3v) is 3.24. The smallest absolute Gasteiger partial charge is 0.224 e. The largest absolute Gasteiger partial charge is 0.437 e. The Bertz CT molecular complexity index is 650. The van der Waals surface area contributed by atoms with Gasteiger partial charge in [-0.15, -0.1) is 0 Å². The number of aromatic nitrogens is 2. The predicted octanol–water partition coefficient (Wildman–Crippen LogP) is 4.57. The van der Waals surface area contributed by atoms with Gasteiger partial charge in [0.2, 0.25) is 5.88 Å². The number of hydrogen-bond donors (Lipinski definition) is 1. The van der Waals surface area contributed by atoms with Gasteiger partial charge < -0.3 is 10.1 Å². The fraction of sp³-hybridized carbons (Fsp3) is 0.375. The zero-order valence-electron chi connectivity index (χ0n) is 13.0. The van der Waals surface area contributed by atoms with Crippen LogP contribution in [0, 0.1) is 6.92 Å². The van der Waals surface area contributed by atoms with Crippen molar-refractivity contribution in [1.82, 2.24) is 9.97 Å². The number of ether oxygens (including phenoxy) is 1. The van der Waals surface area contributed by atoms with Crippen molar-refractivity contribution in [2.45, 2.75) is 33.1 Å². The molecular weight excluding hydrogens is 286 g/mol. The highest BCUT2D eigenvalue weighted by atomic mass is 35.5. The average Bonchev–Trinajstić information content (AvgIpc) is 2.41. The molecule has 1 aromatic heterocycles. The Morgan fingerprint density at radius 2 is 1.86 bits per heavy atom. The van der Waals surface area contributed by atoms with E-state index in [-0.39, 0.29) is 5.41 Å². The molecule has 0 saturated carbocycles. The third kappa shape index (κ3) is 3.85.